The van der Waals surface area contributed by atoms with E-state index in [1.165, 1.54) is 6.20 Å². The van der Waals surface area contributed by atoms with Crippen molar-refractivity contribution in [3.05, 3.63) is 36.3 Å². The third-order valence-corrected chi connectivity index (χ3v) is 0.913. The van der Waals surface area contributed by atoms with E-state index in [0.29, 0.717) is 0 Å². The van der Waals surface area contributed by atoms with Crippen LogP contribution in [0.3, 0.4) is 0 Å². The quantitative estimate of drug-likeness (QED) is 0.473. The maximum absolute atomic E-state index is 5.19. The molecule has 0 aromatic rings. The molecule has 0 spiro atoms. The fraction of sp³-hybridized carbons (Fsp3) is 0. The van der Waals surface area contributed by atoms with Crippen molar-refractivity contribution < 1.29 is 0 Å². The fourth-order valence-corrected chi connectivity index (χ4v) is 0.511. The van der Waals surface area contributed by atoms with Crippen LogP contribution in [0.4, 0.5) is 0 Å². The van der Waals surface area contributed by atoms with Crippen LogP contribution in [0.15, 0.2) is 36.3 Å². The van der Waals surface area contributed by atoms with Crippen LogP contribution in [0.2, 0.25) is 0 Å². The highest BCUT2D eigenvalue weighted by atomic mass is 14.9. The van der Waals surface area contributed by atoms with Crippen molar-refractivity contribution >= 4 is 0 Å². The van der Waals surface area contributed by atoms with Crippen LogP contribution in [0.25, 0.3) is 0 Å². The van der Waals surface area contributed by atoms with E-state index in [0.717, 1.165) is 5.70 Å². The zero-order chi connectivity index (χ0) is 5.82. The summed E-state index contributed by atoms with van der Waals surface area (Å²) >= 11 is 0. The smallest absolute Gasteiger partial charge is 0.0537 e. The fourth-order valence-electron chi connectivity index (χ4n) is 0.511. The Kier molecular flexibility index (Phi) is 1.37. The molecule has 0 fully saturated rings. The summed E-state index contributed by atoms with van der Waals surface area (Å²) in [7, 11) is 0. The maximum atomic E-state index is 5.19. The molecule has 42 valence electrons. The van der Waals surface area contributed by atoms with Crippen molar-refractivity contribution in [1.82, 2.24) is 5.32 Å². The topological polar surface area (TPSA) is 38.0 Å². The normalized spacial score (nSPS) is 21.2. The van der Waals surface area contributed by atoms with Crippen LogP contribution < -0.4 is 11.1 Å². The van der Waals surface area contributed by atoms with Gasteiger partial charge in [0.2, 0.25) is 0 Å². The van der Waals surface area contributed by atoms with Gasteiger partial charge in [0.05, 0.1) is 5.70 Å². The Bertz CT molecular complexity index is 154. The van der Waals surface area contributed by atoms with E-state index in [1.54, 1.807) is 0 Å². The van der Waals surface area contributed by atoms with E-state index < -0.39 is 0 Å². The molecule has 1 aliphatic rings. The second kappa shape index (κ2) is 2.21. The van der Waals surface area contributed by atoms with Gasteiger partial charge in [-0.25, -0.2) is 0 Å². The van der Waals surface area contributed by atoms with Crippen molar-refractivity contribution in [3.8, 4) is 0 Å². The minimum atomic E-state index is 0.938. The molecular weight excluding hydrogens is 100 g/mol. The second-order valence-corrected chi connectivity index (χ2v) is 1.48. The van der Waals surface area contributed by atoms with Gasteiger partial charge < -0.3 is 11.1 Å². The minimum Gasteiger partial charge on any atom is -0.403 e. The lowest BCUT2D eigenvalue weighted by Crippen LogP contribution is -2.06. The van der Waals surface area contributed by atoms with Crippen molar-refractivity contribution in [2.24, 2.45) is 5.73 Å². The Morgan fingerprint density at radius 2 is 2.38 bits per heavy atom. The van der Waals surface area contributed by atoms with Crippen molar-refractivity contribution in [2.45, 2.75) is 0 Å². The van der Waals surface area contributed by atoms with Crippen molar-refractivity contribution in [3.63, 3.8) is 0 Å². The Morgan fingerprint density at radius 1 is 1.50 bits per heavy atom. The number of allylic oxidation sites excluding steroid dienone is 3. The lowest BCUT2D eigenvalue weighted by atomic mass is 10.3. The molecular formula is C6H8N2. The van der Waals surface area contributed by atoms with Crippen molar-refractivity contribution in [2.75, 3.05) is 0 Å². The van der Waals surface area contributed by atoms with Crippen LogP contribution in [0.5, 0.6) is 0 Å². The predicted octanol–water partition coefficient (Wildman–Crippen LogP) is 0.460. The lowest BCUT2D eigenvalue weighted by Gasteiger charge is -2.01. The number of hydrogen-bond acceptors (Lipinski definition) is 2. The van der Waals surface area contributed by atoms with Crippen LogP contribution >= 0.6 is 0 Å². The second-order valence-electron chi connectivity index (χ2n) is 1.48. The first kappa shape index (κ1) is 4.97. The summed E-state index contributed by atoms with van der Waals surface area (Å²) in [6, 6.07) is 0. The molecule has 0 saturated heterocycles. The van der Waals surface area contributed by atoms with Gasteiger partial charge in [0.15, 0.2) is 0 Å². The van der Waals surface area contributed by atoms with Gasteiger partial charge in [0, 0.05) is 12.4 Å². The molecule has 0 atom stereocenters. The molecule has 0 aromatic heterocycles. The molecule has 1 aliphatic heterocycles. The molecule has 0 radical (unpaired) electrons. The zero-order valence-corrected chi connectivity index (χ0v) is 4.46. The minimum absolute atomic E-state index is 0.938. The lowest BCUT2D eigenvalue weighted by molar-refractivity contribution is 1.08. The van der Waals surface area contributed by atoms with Crippen molar-refractivity contribution in [1.29, 1.82) is 0 Å². The molecule has 0 amide bonds. The summed E-state index contributed by atoms with van der Waals surface area (Å²) in [4.78, 5) is 0. The summed E-state index contributed by atoms with van der Waals surface area (Å²) < 4.78 is 0. The zero-order valence-electron chi connectivity index (χ0n) is 4.46. The highest BCUT2D eigenvalue weighted by Gasteiger charge is 1.85. The van der Waals surface area contributed by atoms with E-state index in [2.05, 4.69) is 5.32 Å². The van der Waals surface area contributed by atoms with Gasteiger partial charge in [-0.3, -0.25) is 0 Å². The van der Waals surface area contributed by atoms with Gasteiger partial charge in [0.25, 0.3) is 0 Å². The van der Waals surface area contributed by atoms with Gasteiger partial charge >= 0.3 is 0 Å². The summed E-state index contributed by atoms with van der Waals surface area (Å²) in [5, 5.41) is 2.94. The first-order valence-corrected chi connectivity index (χ1v) is 2.45. The monoisotopic (exact) mass is 108 g/mol. The number of hydrogen-bond donors (Lipinski definition) is 2. The summed E-state index contributed by atoms with van der Waals surface area (Å²) in [6.07, 6.45) is 9.10. The highest BCUT2D eigenvalue weighted by Crippen LogP contribution is 1.94. The molecule has 8 heavy (non-hydrogen) atoms. The predicted molar refractivity (Wildman–Crippen MR) is 33.7 cm³/mol. The first-order valence-electron chi connectivity index (χ1n) is 2.45. The van der Waals surface area contributed by atoms with Gasteiger partial charge in [-0.15, -0.1) is 0 Å². The molecule has 3 N–H and O–H groups in total. The highest BCUT2D eigenvalue weighted by molar-refractivity contribution is 5.25. The average molecular weight is 108 g/mol. The Balaban J connectivity index is 2.66. The van der Waals surface area contributed by atoms with E-state index in [1.807, 2.05) is 24.4 Å². The molecule has 1 rings (SSSR count). The van der Waals surface area contributed by atoms with E-state index >= 15 is 0 Å². The van der Waals surface area contributed by atoms with Crippen LogP contribution in [-0.4, -0.2) is 0 Å². The number of dihydropyridines is 1. The molecule has 2 heteroatoms. The van der Waals surface area contributed by atoms with Gasteiger partial charge in [-0.2, -0.15) is 0 Å². The maximum Gasteiger partial charge on any atom is 0.0537 e. The van der Waals surface area contributed by atoms with Crippen LogP contribution in [0.1, 0.15) is 0 Å². The van der Waals surface area contributed by atoms with Gasteiger partial charge in [-0.1, -0.05) is 6.08 Å². The standard InChI is InChI=1S/C6H8N2/c7-5-6-3-1-2-4-8-6/h1-5,8H,7H2. The van der Waals surface area contributed by atoms with E-state index in [4.69, 9.17) is 5.73 Å². The molecule has 0 unspecified atom stereocenters. The summed E-state index contributed by atoms with van der Waals surface area (Å²) in [5.74, 6) is 0. The Hall–Kier alpha value is -1.18. The largest absolute Gasteiger partial charge is 0.403 e. The number of nitrogens with one attached hydrogen (secondary N) is 1. The van der Waals surface area contributed by atoms with E-state index in [-0.39, 0.29) is 0 Å². The molecule has 0 aliphatic carbocycles. The molecule has 1 heterocycles. The SMILES string of the molecule is NC=C1C=CC=CN1. The molecule has 0 bridgehead atoms. The summed E-state index contributed by atoms with van der Waals surface area (Å²) in [6.45, 7) is 0. The van der Waals surface area contributed by atoms with Crippen LogP contribution in [0, 0.1) is 0 Å². The molecule has 0 saturated carbocycles. The third-order valence-electron chi connectivity index (χ3n) is 0.913. The Labute approximate surface area is 48.4 Å². The van der Waals surface area contributed by atoms with Crippen LogP contribution in [-0.2, 0) is 0 Å². The molecule has 2 nitrogen and oxygen atoms in total. The summed E-state index contributed by atoms with van der Waals surface area (Å²) in [5.41, 5.74) is 6.13. The first-order chi connectivity index (χ1) is 3.93. The Morgan fingerprint density at radius 3 is 2.75 bits per heavy atom. The molecule has 0 aromatic carbocycles. The number of rotatable bonds is 0. The average Bonchev–Trinajstić information content (AvgIpc) is 1.90. The van der Waals surface area contributed by atoms with Gasteiger partial charge in [0.1, 0.15) is 0 Å². The van der Waals surface area contributed by atoms with E-state index in [9.17, 15) is 0 Å². The number of nitrogens with two attached hydrogens (primary N) is 1. The van der Waals surface area contributed by atoms with Gasteiger partial charge in [-0.05, 0) is 12.2 Å². The third kappa shape index (κ3) is 0.904.